The molecule has 0 saturated carbocycles. The third-order valence-electron chi connectivity index (χ3n) is 4.30. The molecule has 0 saturated heterocycles. The number of aromatic nitrogens is 5. The van der Waals surface area contributed by atoms with E-state index < -0.39 is 0 Å². The SMILES string of the molecule is COc1cc(-c2nc3c(cnn3Cc3ccncc3)[nH]2)cc(OC)c1OC. The Labute approximate surface area is 155 Å². The van der Waals surface area contributed by atoms with E-state index >= 15 is 0 Å². The highest BCUT2D eigenvalue weighted by molar-refractivity contribution is 5.77. The first-order valence-electron chi connectivity index (χ1n) is 8.34. The number of nitrogens with zero attached hydrogens (tertiary/aromatic N) is 4. The average molecular weight is 365 g/mol. The molecule has 3 aromatic heterocycles. The van der Waals surface area contributed by atoms with Crippen LogP contribution in [0.15, 0.2) is 42.9 Å². The van der Waals surface area contributed by atoms with Gasteiger partial charge in [-0.3, -0.25) is 4.98 Å². The third-order valence-corrected chi connectivity index (χ3v) is 4.30. The fraction of sp³-hybridized carbons (Fsp3) is 0.211. The van der Waals surface area contributed by atoms with Gasteiger partial charge in [-0.15, -0.1) is 0 Å². The van der Waals surface area contributed by atoms with Gasteiger partial charge in [-0.2, -0.15) is 5.10 Å². The lowest BCUT2D eigenvalue weighted by Gasteiger charge is -2.13. The number of pyridine rings is 1. The number of hydrogen-bond acceptors (Lipinski definition) is 6. The van der Waals surface area contributed by atoms with Crippen LogP contribution >= 0.6 is 0 Å². The van der Waals surface area contributed by atoms with Crippen molar-refractivity contribution < 1.29 is 14.2 Å². The number of methoxy groups -OCH3 is 3. The number of aromatic amines is 1. The molecule has 8 nitrogen and oxygen atoms in total. The van der Waals surface area contributed by atoms with Crippen LogP contribution in [0.2, 0.25) is 0 Å². The molecule has 27 heavy (non-hydrogen) atoms. The Morgan fingerprint density at radius 2 is 1.70 bits per heavy atom. The van der Waals surface area contributed by atoms with Crippen molar-refractivity contribution in [2.45, 2.75) is 6.54 Å². The Kier molecular flexibility index (Phi) is 4.37. The zero-order valence-electron chi connectivity index (χ0n) is 15.3. The van der Waals surface area contributed by atoms with E-state index in [0.717, 1.165) is 22.3 Å². The summed E-state index contributed by atoms with van der Waals surface area (Å²) in [7, 11) is 4.76. The van der Waals surface area contributed by atoms with E-state index in [-0.39, 0.29) is 0 Å². The second-order valence-corrected chi connectivity index (χ2v) is 5.89. The maximum absolute atomic E-state index is 5.43. The minimum Gasteiger partial charge on any atom is -0.493 e. The quantitative estimate of drug-likeness (QED) is 0.565. The molecule has 0 aliphatic carbocycles. The van der Waals surface area contributed by atoms with Gasteiger partial charge in [-0.1, -0.05) is 0 Å². The van der Waals surface area contributed by atoms with Crippen molar-refractivity contribution in [3.63, 3.8) is 0 Å². The second-order valence-electron chi connectivity index (χ2n) is 5.89. The molecule has 0 aliphatic rings. The first-order chi connectivity index (χ1) is 13.2. The Balaban J connectivity index is 1.75. The number of nitrogens with one attached hydrogen (secondary N) is 1. The van der Waals surface area contributed by atoms with Gasteiger partial charge in [0.25, 0.3) is 0 Å². The summed E-state index contributed by atoms with van der Waals surface area (Å²) < 4.78 is 18.1. The zero-order chi connectivity index (χ0) is 18.8. The Morgan fingerprint density at radius 1 is 1.00 bits per heavy atom. The molecule has 0 bridgehead atoms. The standard InChI is InChI=1S/C19H19N5O3/c1-25-15-8-13(9-16(26-2)17(15)27-3)18-22-14-10-21-24(19(14)23-18)11-12-4-6-20-7-5-12/h4-10H,11H2,1-3H3,(H,22,23). The molecule has 1 N–H and O–H groups in total. The lowest BCUT2D eigenvalue weighted by molar-refractivity contribution is 0.324. The second kappa shape index (κ2) is 6.99. The fourth-order valence-corrected chi connectivity index (χ4v) is 2.98. The van der Waals surface area contributed by atoms with Gasteiger partial charge in [0.15, 0.2) is 17.1 Å². The first kappa shape index (κ1) is 16.9. The summed E-state index contributed by atoms with van der Waals surface area (Å²) in [5.41, 5.74) is 3.56. The topological polar surface area (TPSA) is 87.1 Å². The van der Waals surface area contributed by atoms with E-state index in [2.05, 4.69) is 15.1 Å². The average Bonchev–Trinajstić information content (AvgIpc) is 3.29. The molecule has 138 valence electrons. The van der Waals surface area contributed by atoms with Crippen molar-refractivity contribution in [1.29, 1.82) is 0 Å². The molecule has 4 aromatic rings. The zero-order valence-corrected chi connectivity index (χ0v) is 15.3. The van der Waals surface area contributed by atoms with Crippen LogP contribution in [0.4, 0.5) is 0 Å². The van der Waals surface area contributed by atoms with Gasteiger partial charge < -0.3 is 19.2 Å². The van der Waals surface area contributed by atoms with Crippen molar-refractivity contribution in [3.05, 3.63) is 48.4 Å². The predicted molar refractivity (Wildman–Crippen MR) is 100 cm³/mol. The van der Waals surface area contributed by atoms with Gasteiger partial charge in [0.05, 0.1) is 34.1 Å². The van der Waals surface area contributed by atoms with Gasteiger partial charge in [0, 0.05) is 18.0 Å². The van der Waals surface area contributed by atoms with Crippen LogP contribution in [-0.4, -0.2) is 46.1 Å². The maximum atomic E-state index is 5.43. The first-order valence-corrected chi connectivity index (χ1v) is 8.34. The number of ether oxygens (including phenoxy) is 3. The van der Waals surface area contributed by atoms with Crippen molar-refractivity contribution in [1.82, 2.24) is 24.7 Å². The van der Waals surface area contributed by atoms with Crippen molar-refractivity contribution in [2.24, 2.45) is 0 Å². The minimum absolute atomic E-state index is 0.545. The van der Waals surface area contributed by atoms with Gasteiger partial charge in [0.2, 0.25) is 5.75 Å². The molecular formula is C19H19N5O3. The lowest BCUT2D eigenvalue weighted by atomic mass is 10.1. The van der Waals surface area contributed by atoms with Gasteiger partial charge in [-0.05, 0) is 29.8 Å². The predicted octanol–water partition coefficient (Wildman–Crippen LogP) is 2.90. The molecule has 3 heterocycles. The summed E-state index contributed by atoms with van der Waals surface area (Å²) in [5.74, 6) is 2.39. The van der Waals surface area contributed by atoms with Crippen LogP contribution in [0.3, 0.4) is 0 Å². The number of rotatable bonds is 6. The number of H-pyrrole nitrogens is 1. The largest absolute Gasteiger partial charge is 0.493 e. The Morgan fingerprint density at radius 3 is 2.33 bits per heavy atom. The normalized spacial score (nSPS) is 10.9. The van der Waals surface area contributed by atoms with Crippen LogP contribution in [-0.2, 0) is 6.54 Å². The van der Waals surface area contributed by atoms with Crippen LogP contribution in [0, 0.1) is 0 Å². The van der Waals surface area contributed by atoms with Crippen LogP contribution < -0.4 is 14.2 Å². The lowest BCUT2D eigenvalue weighted by Crippen LogP contribution is -2.02. The molecule has 8 heteroatoms. The fourth-order valence-electron chi connectivity index (χ4n) is 2.98. The molecule has 0 radical (unpaired) electrons. The van der Waals surface area contributed by atoms with Gasteiger partial charge in [0.1, 0.15) is 11.3 Å². The van der Waals surface area contributed by atoms with Gasteiger partial charge in [-0.25, -0.2) is 9.67 Å². The smallest absolute Gasteiger partial charge is 0.203 e. The highest BCUT2D eigenvalue weighted by atomic mass is 16.5. The van der Waals surface area contributed by atoms with E-state index in [4.69, 9.17) is 19.2 Å². The molecule has 1 aromatic carbocycles. The molecule has 0 aliphatic heterocycles. The molecule has 4 rings (SSSR count). The summed E-state index contributed by atoms with van der Waals surface area (Å²) in [6.07, 6.45) is 5.30. The monoisotopic (exact) mass is 365 g/mol. The van der Waals surface area contributed by atoms with Crippen molar-refractivity contribution in [3.8, 4) is 28.6 Å². The van der Waals surface area contributed by atoms with Crippen molar-refractivity contribution >= 4 is 11.2 Å². The molecule has 0 fully saturated rings. The Hall–Kier alpha value is -3.55. The molecule has 0 unspecified atom stereocenters. The van der Waals surface area contributed by atoms with E-state index in [1.54, 1.807) is 39.9 Å². The van der Waals surface area contributed by atoms with E-state index in [0.29, 0.717) is 29.6 Å². The Bertz CT molecular complexity index is 1050. The number of imidazole rings is 1. The summed E-state index contributed by atoms with van der Waals surface area (Å²) in [6, 6.07) is 7.64. The van der Waals surface area contributed by atoms with Crippen LogP contribution in [0.1, 0.15) is 5.56 Å². The van der Waals surface area contributed by atoms with Gasteiger partial charge >= 0.3 is 0 Å². The highest BCUT2D eigenvalue weighted by Crippen LogP contribution is 2.40. The minimum atomic E-state index is 0.545. The molecule has 0 atom stereocenters. The number of fused-ring (bicyclic) bond motifs is 1. The maximum Gasteiger partial charge on any atom is 0.203 e. The summed E-state index contributed by atoms with van der Waals surface area (Å²) in [4.78, 5) is 12.1. The highest BCUT2D eigenvalue weighted by Gasteiger charge is 2.17. The summed E-state index contributed by atoms with van der Waals surface area (Å²) >= 11 is 0. The molecule has 0 spiro atoms. The number of hydrogen-bond donors (Lipinski definition) is 1. The van der Waals surface area contributed by atoms with Crippen LogP contribution in [0.25, 0.3) is 22.6 Å². The van der Waals surface area contributed by atoms with Crippen LogP contribution in [0.5, 0.6) is 17.2 Å². The van der Waals surface area contributed by atoms with E-state index in [9.17, 15) is 0 Å². The van der Waals surface area contributed by atoms with Crippen molar-refractivity contribution in [2.75, 3.05) is 21.3 Å². The van der Waals surface area contributed by atoms with E-state index in [1.807, 2.05) is 28.9 Å². The third kappa shape index (κ3) is 3.05. The number of benzene rings is 1. The van der Waals surface area contributed by atoms with E-state index in [1.165, 1.54) is 0 Å². The summed E-state index contributed by atoms with van der Waals surface area (Å²) in [5, 5.41) is 4.41. The molecular weight excluding hydrogens is 346 g/mol. The molecule has 0 amide bonds. The summed E-state index contributed by atoms with van der Waals surface area (Å²) in [6.45, 7) is 0.617.